The number of aryl methyl sites for hydroxylation is 1. The highest BCUT2D eigenvalue weighted by Crippen LogP contribution is 2.18. The quantitative estimate of drug-likeness (QED) is 0.822. The van der Waals surface area contributed by atoms with Crippen LogP contribution >= 0.6 is 0 Å². The van der Waals surface area contributed by atoms with Crippen molar-refractivity contribution in [2.45, 2.75) is 26.3 Å². The lowest BCUT2D eigenvalue weighted by Crippen LogP contribution is -2.21. The van der Waals surface area contributed by atoms with Gasteiger partial charge in [-0.15, -0.1) is 0 Å². The van der Waals surface area contributed by atoms with Crippen LogP contribution in [-0.2, 0) is 0 Å². The van der Waals surface area contributed by atoms with E-state index in [0.29, 0.717) is 0 Å². The zero-order valence-corrected chi connectivity index (χ0v) is 9.05. The van der Waals surface area contributed by atoms with Gasteiger partial charge in [-0.25, -0.2) is 4.39 Å². The minimum absolute atomic E-state index is 0.261. The van der Waals surface area contributed by atoms with Crippen LogP contribution in [0.25, 0.3) is 0 Å². The van der Waals surface area contributed by atoms with Crippen LogP contribution in [0.5, 0.6) is 0 Å². The maximum absolute atomic E-state index is 12.9. The highest BCUT2D eigenvalue weighted by molar-refractivity contribution is 5.32. The smallest absolute Gasteiger partial charge is 0.123 e. The zero-order valence-electron chi connectivity index (χ0n) is 9.05. The molecule has 0 radical (unpaired) electrons. The third-order valence-corrected chi connectivity index (χ3v) is 2.27. The highest BCUT2D eigenvalue weighted by Gasteiger charge is 2.11. The molecule has 3 heteroatoms. The van der Waals surface area contributed by atoms with Gasteiger partial charge in [0.2, 0.25) is 0 Å². The van der Waals surface area contributed by atoms with Gasteiger partial charge < -0.3 is 0 Å². The molecule has 0 bridgehead atoms. The number of hydrogen-bond acceptors (Lipinski definition) is 2. The molecular weight excluding hydrogens is 191 g/mol. The lowest BCUT2D eigenvalue weighted by atomic mass is 10.0. The first kappa shape index (κ1) is 11.7. The fourth-order valence-corrected chi connectivity index (χ4v) is 1.48. The van der Waals surface area contributed by atoms with Crippen molar-refractivity contribution in [1.82, 2.24) is 5.32 Å². The summed E-state index contributed by atoms with van der Waals surface area (Å²) in [7, 11) is 0. The monoisotopic (exact) mass is 206 g/mol. The Labute approximate surface area is 89.7 Å². The molecule has 0 saturated carbocycles. The van der Waals surface area contributed by atoms with Gasteiger partial charge in [0.1, 0.15) is 11.9 Å². The van der Waals surface area contributed by atoms with Crippen LogP contribution in [0.15, 0.2) is 18.2 Å². The molecule has 1 atom stereocenters. The number of benzene rings is 1. The Balaban J connectivity index is 2.88. The van der Waals surface area contributed by atoms with E-state index in [-0.39, 0.29) is 11.9 Å². The molecule has 1 rings (SSSR count). The van der Waals surface area contributed by atoms with E-state index in [9.17, 15) is 4.39 Å². The fraction of sp³-hybridized carbons (Fsp3) is 0.417. The summed E-state index contributed by atoms with van der Waals surface area (Å²) in [5, 5.41) is 12.1. The first-order chi connectivity index (χ1) is 7.19. The molecule has 2 nitrogen and oxygen atoms in total. The van der Waals surface area contributed by atoms with E-state index in [1.165, 1.54) is 12.1 Å². The van der Waals surface area contributed by atoms with Gasteiger partial charge in [0.25, 0.3) is 0 Å². The van der Waals surface area contributed by atoms with Crippen LogP contribution < -0.4 is 5.32 Å². The van der Waals surface area contributed by atoms with Crippen LogP contribution in [0.2, 0.25) is 0 Å². The van der Waals surface area contributed by atoms with Crippen LogP contribution in [0, 0.1) is 24.1 Å². The molecule has 0 heterocycles. The summed E-state index contributed by atoms with van der Waals surface area (Å²) in [5.74, 6) is -0.261. The molecule has 1 unspecified atom stereocenters. The van der Waals surface area contributed by atoms with Gasteiger partial charge in [-0.2, -0.15) is 5.26 Å². The minimum Gasteiger partial charge on any atom is -0.298 e. The number of nitriles is 1. The fourth-order valence-electron chi connectivity index (χ4n) is 1.48. The third kappa shape index (κ3) is 3.03. The van der Waals surface area contributed by atoms with Gasteiger partial charge in [-0.1, -0.05) is 13.0 Å². The maximum atomic E-state index is 12.9. The van der Waals surface area contributed by atoms with Crippen molar-refractivity contribution in [3.8, 4) is 6.07 Å². The molecule has 0 spiro atoms. The molecule has 0 aliphatic carbocycles. The molecule has 0 aromatic heterocycles. The summed E-state index contributed by atoms with van der Waals surface area (Å²) in [4.78, 5) is 0. The molecule has 0 fully saturated rings. The summed E-state index contributed by atoms with van der Waals surface area (Å²) in [6.07, 6.45) is 0.971. The Bertz CT molecular complexity index is 368. The van der Waals surface area contributed by atoms with E-state index in [4.69, 9.17) is 5.26 Å². The number of nitrogens with zero attached hydrogens (tertiary/aromatic N) is 1. The van der Waals surface area contributed by atoms with Crippen molar-refractivity contribution >= 4 is 0 Å². The van der Waals surface area contributed by atoms with Gasteiger partial charge in [-0.3, -0.25) is 5.32 Å². The molecule has 80 valence electrons. The van der Waals surface area contributed by atoms with Gasteiger partial charge in [-0.05, 0) is 43.1 Å². The number of rotatable bonds is 4. The van der Waals surface area contributed by atoms with E-state index >= 15 is 0 Å². The second-order valence-corrected chi connectivity index (χ2v) is 3.52. The summed E-state index contributed by atoms with van der Waals surface area (Å²) in [6, 6.07) is 6.35. The standard InChI is InChI=1S/C12H15FN2/c1-3-6-15-12(8-14)11-5-4-10(13)7-9(11)2/h4-5,7,12,15H,3,6H2,1-2H3. The van der Waals surface area contributed by atoms with Gasteiger partial charge in [0.05, 0.1) is 6.07 Å². The second kappa shape index (κ2) is 5.47. The van der Waals surface area contributed by atoms with Crippen molar-refractivity contribution in [2.24, 2.45) is 0 Å². The van der Waals surface area contributed by atoms with E-state index in [2.05, 4.69) is 11.4 Å². The van der Waals surface area contributed by atoms with Crippen LogP contribution in [0.4, 0.5) is 4.39 Å². The van der Waals surface area contributed by atoms with Crippen molar-refractivity contribution in [1.29, 1.82) is 5.26 Å². The van der Waals surface area contributed by atoms with Gasteiger partial charge in [0, 0.05) is 0 Å². The second-order valence-electron chi connectivity index (χ2n) is 3.52. The van der Waals surface area contributed by atoms with Crippen LogP contribution in [0.3, 0.4) is 0 Å². The Morgan fingerprint density at radius 1 is 1.53 bits per heavy atom. The number of nitrogens with one attached hydrogen (secondary N) is 1. The van der Waals surface area contributed by atoms with Crippen LogP contribution in [-0.4, -0.2) is 6.54 Å². The molecule has 1 N–H and O–H groups in total. The highest BCUT2D eigenvalue weighted by atomic mass is 19.1. The lowest BCUT2D eigenvalue weighted by molar-refractivity contribution is 0.607. The van der Waals surface area contributed by atoms with Crippen molar-refractivity contribution in [3.63, 3.8) is 0 Å². The maximum Gasteiger partial charge on any atom is 0.123 e. The molecular formula is C12H15FN2. The van der Waals surface area contributed by atoms with Crippen molar-refractivity contribution < 1.29 is 4.39 Å². The summed E-state index contributed by atoms with van der Waals surface area (Å²) < 4.78 is 12.9. The molecule has 0 aliphatic rings. The number of halogens is 1. The topological polar surface area (TPSA) is 35.8 Å². The largest absolute Gasteiger partial charge is 0.298 e. The molecule has 1 aromatic rings. The molecule has 0 saturated heterocycles. The van der Waals surface area contributed by atoms with Crippen molar-refractivity contribution in [2.75, 3.05) is 6.54 Å². The van der Waals surface area contributed by atoms with E-state index in [1.54, 1.807) is 6.07 Å². The molecule has 15 heavy (non-hydrogen) atoms. The first-order valence-corrected chi connectivity index (χ1v) is 5.08. The minimum atomic E-state index is -0.342. The molecule has 0 aliphatic heterocycles. The number of hydrogen-bond donors (Lipinski definition) is 1. The summed E-state index contributed by atoms with van der Waals surface area (Å²) in [5.41, 5.74) is 1.66. The average molecular weight is 206 g/mol. The summed E-state index contributed by atoms with van der Waals surface area (Å²) >= 11 is 0. The lowest BCUT2D eigenvalue weighted by Gasteiger charge is -2.13. The Kier molecular flexibility index (Phi) is 4.26. The normalized spacial score (nSPS) is 12.1. The van der Waals surface area contributed by atoms with E-state index < -0.39 is 0 Å². The Morgan fingerprint density at radius 3 is 2.80 bits per heavy atom. The predicted molar refractivity (Wildman–Crippen MR) is 57.8 cm³/mol. The van der Waals surface area contributed by atoms with Crippen molar-refractivity contribution in [3.05, 3.63) is 35.1 Å². The Morgan fingerprint density at radius 2 is 2.27 bits per heavy atom. The first-order valence-electron chi connectivity index (χ1n) is 5.08. The zero-order chi connectivity index (χ0) is 11.3. The van der Waals surface area contributed by atoms with E-state index in [0.717, 1.165) is 24.1 Å². The van der Waals surface area contributed by atoms with Crippen LogP contribution in [0.1, 0.15) is 30.5 Å². The van der Waals surface area contributed by atoms with Gasteiger partial charge in [0.15, 0.2) is 0 Å². The predicted octanol–water partition coefficient (Wildman–Crippen LogP) is 2.70. The molecule has 0 amide bonds. The average Bonchev–Trinajstić information content (AvgIpc) is 2.21. The summed E-state index contributed by atoms with van der Waals surface area (Å²) in [6.45, 7) is 4.64. The van der Waals surface area contributed by atoms with E-state index in [1.807, 2.05) is 13.8 Å². The Hall–Kier alpha value is -1.40. The SMILES string of the molecule is CCCNC(C#N)c1ccc(F)cc1C. The molecule has 1 aromatic carbocycles. The third-order valence-electron chi connectivity index (χ3n) is 2.27. The van der Waals surface area contributed by atoms with Gasteiger partial charge >= 0.3 is 0 Å².